The van der Waals surface area contributed by atoms with Gasteiger partial charge in [0.05, 0.1) is 6.10 Å². The highest BCUT2D eigenvalue weighted by atomic mass is 32.1. The summed E-state index contributed by atoms with van der Waals surface area (Å²) in [5.74, 6) is -0.118. The number of carbonyl (C=O) groups is 1. The highest BCUT2D eigenvalue weighted by Crippen LogP contribution is 2.24. The van der Waals surface area contributed by atoms with Crippen LogP contribution < -0.4 is 10.6 Å². The molecule has 0 radical (unpaired) electrons. The first kappa shape index (κ1) is 15.1. The van der Waals surface area contributed by atoms with Crippen LogP contribution in [0.25, 0.3) is 10.6 Å². The minimum Gasteiger partial charge on any atom is -0.391 e. The lowest BCUT2D eigenvalue weighted by Crippen LogP contribution is -2.34. The number of nitrogens with zero attached hydrogens (tertiary/aromatic N) is 1. The van der Waals surface area contributed by atoms with Crippen molar-refractivity contribution in [3.8, 4) is 10.6 Å². The van der Waals surface area contributed by atoms with Crippen LogP contribution in [-0.2, 0) is 0 Å². The number of amides is 1. The minimum absolute atomic E-state index is 0.0687. The highest BCUT2D eigenvalue weighted by Gasteiger charge is 2.25. The number of aromatic nitrogens is 1. The first-order valence-electron chi connectivity index (χ1n) is 7.33. The van der Waals surface area contributed by atoms with E-state index in [2.05, 4.69) is 15.6 Å². The Labute approximate surface area is 133 Å². The number of aliphatic hydroxyl groups is 1. The fraction of sp³-hybridized carbons (Fsp3) is 0.375. The summed E-state index contributed by atoms with van der Waals surface area (Å²) in [6.45, 7) is 3.82. The third-order valence-electron chi connectivity index (χ3n) is 3.86. The normalized spacial score (nSPS) is 21.0. The van der Waals surface area contributed by atoms with Crippen LogP contribution in [0.3, 0.4) is 0 Å². The topological polar surface area (TPSA) is 74.2 Å². The van der Waals surface area contributed by atoms with Crippen LogP contribution >= 0.6 is 11.3 Å². The van der Waals surface area contributed by atoms with Gasteiger partial charge in [0.2, 0.25) is 0 Å². The molecule has 0 spiro atoms. The molecule has 2 unspecified atom stereocenters. The van der Waals surface area contributed by atoms with Gasteiger partial charge in [0.1, 0.15) is 10.7 Å². The molecule has 0 saturated carbocycles. The second-order valence-corrected chi connectivity index (χ2v) is 6.46. The summed E-state index contributed by atoms with van der Waals surface area (Å²) in [5.41, 5.74) is 2.65. The van der Waals surface area contributed by atoms with Crippen LogP contribution in [0.15, 0.2) is 29.6 Å². The van der Waals surface area contributed by atoms with Gasteiger partial charge in [-0.15, -0.1) is 11.3 Å². The molecule has 0 aliphatic carbocycles. The highest BCUT2D eigenvalue weighted by molar-refractivity contribution is 7.13. The van der Waals surface area contributed by atoms with Crippen LogP contribution in [0.1, 0.15) is 16.1 Å². The predicted octanol–water partition coefficient (Wildman–Crippen LogP) is 1.43. The third-order valence-corrected chi connectivity index (χ3v) is 4.76. The maximum Gasteiger partial charge on any atom is 0.270 e. The van der Waals surface area contributed by atoms with E-state index in [1.54, 1.807) is 5.38 Å². The zero-order chi connectivity index (χ0) is 15.5. The zero-order valence-corrected chi connectivity index (χ0v) is 13.2. The maximum atomic E-state index is 12.1. The molecule has 116 valence electrons. The molecule has 0 bridgehead atoms. The van der Waals surface area contributed by atoms with E-state index in [1.807, 2.05) is 31.2 Å². The largest absolute Gasteiger partial charge is 0.391 e. The molecule has 2 heterocycles. The number of benzene rings is 1. The number of hydrogen-bond donors (Lipinski definition) is 3. The van der Waals surface area contributed by atoms with Gasteiger partial charge in [0, 0.05) is 36.5 Å². The fourth-order valence-corrected chi connectivity index (χ4v) is 3.25. The molecular weight excluding hydrogens is 298 g/mol. The molecule has 1 aromatic carbocycles. The first-order valence-corrected chi connectivity index (χ1v) is 8.21. The van der Waals surface area contributed by atoms with Crippen molar-refractivity contribution in [2.24, 2.45) is 5.92 Å². The number of nitrogens with one attached hydrogen (secondary N) is 2. The van der Waals surface area contributed by atoms with E-state index in [1.165, 1.54) is 16.9 Å². The van der Waals surface area contributed by atoms with Gasteiger partial charge in [-0.25, -0.2) is 4.98 Å². The molecule has 1 aliphatic heterocycles. The van der Waals surface area contributed by atoms with Crippen LogP contribution in [0.2, 0.25) is 0 Å². The van der Waals surface area contributed by atoms with Gasteiger partial charge < -0.3 is 15.7 Å². The van der Waals surface area contributed by atoms with Gasteiger partial charge in [-0.1, -0.05) is 29.8 Å². The zero-order valence-electron chi connectivity index (χ0n) is 12.4. The van der Waals surface area contributed by atoms with Crippen LogP contribution in [0.5, 0.6) is 0 Å². The van der Waals surface area contributed by atoms with Gasteiger partial charge in [-0.2, -0.15) is 0 Å². The SMILES string of the molecule is Cc1ccc(-c2nc(C(=O)NCC3CNCC3O)cs2)cc1. The molecule has 1 saturated heterocycles. The van der Waals surface area contributed by atoms with Crippen LogP contribution in [0.4, 0.5) is 0 Å². The van der Waals surface area contributed by atoms with Gasteiger partial charge in [-0.3, -0.25) is 4.79 Å². The number of carbonyl (C=O) groups excluding carboxylic acids is 1. The van der Waals surface area contributed by atoms with Gasteiger partial charge in [-0.05, 0) is 6.92 Å². The Bertz CT molecular complexity index is 654. The third kappa shape index (κ3) is 3.35. The lowest BCUT2D eigenvalue weighted by molar-refractivity contribution is 0.0923. The summed E-state index contributed by atoms with van der Waals surface area (Å²) in [5, 5.41) is 18.3. The smallest absolute Gasteiger partial charge is 0.270 e. The quantitative estimate of drug-likeness (QED) is 0.797. The van der Waals surface area contributed by atoms with Crippen molar-refractivity contribution in [2.45, 2.75) is 13.0 Å². The number of rotatable bonds is 4. The molecule has 1 aliphatic rings. The number of hydrogen-bond acceptors (Lipinski definition) is 5. The Morgan fingerprint density at radius 1 is 1.41 bits per heavy atom. The molecule has 1 fully saturated rings. The summed E-state index contributed by atoms with van der Waals surface area (Å²) < 4.78 is 0. The van der Waals surface area contributed by atoms with Crippen molar-refractivity contribution in [1.29, 1.82) is 0 Å². The lowest BCUT2D eigenvalue weighted by atomic mass is 10.1. The van der Waals surface area contributed by atoms with Gasteiger partial charge >= 0.3 is 0 Å². The molecule has 2 atom stereocenters. The number of aryl methyl sites for hydroxylation is 1. The van der Waals surface area contributed by atoms with Crippen LogP contribution in [0, 0.1) is 12.8 Å². The van der Waals surface area contributed by atoms with E-state index in [0.717, 1.165) is 17.1 Å². The number of thiazole rings is 1. The Morgan fingerprint density at radius 2 is 2.18 bits per heavy atom. The minimum atomic E-state index is -0.390. The summed E-state index contributed by atoms with van der Waals surface area (Å²) in [6.07, 6.45) is -0.390. The molecule has 6 heteroatoms. The molecule has 3 N–H and O–H groups in total. The van der Waals surface area contributed by atoms with Crippen molar-refractivity contribution in [1.82, 2.24) is 15.6 Å². The molecule has 22 heavy (non-hydrogen) atoms. The second kappa shape index (κ2) is 6.56. The Balaban J connectivity index is 1.63. The van der Waals surface area contributed by atoms with E-state index >= 15 is 0 Å². The summed E-state index contributed by atoms with van der Waals surface area (Å²) >= 11 is 1.46. The van der Waals surface area contributed by atoms with E-state index in [0.29, 0.717) is 18.8 Å². The van der Waals surface area contributed by atoms with Crippen molar-refractivity contribution >= 4 is 17.2 Å². The first-order chi connectivity index (χ1) is 10.6. The molecular formula is C16H19N3O2S. The second-order valence-electron chi connectivity index (χ2n) is 5.60. The average molecular weight is 317 g/mol. The number of β-amino-alcohol motifs (C(OH)–C–C–N with tert-alkyl or cyclic N) is 1. The van der Waals surface area contributed by atoms with Gasteiger partial charge in [0.15, 0.2) is 0 Å². The van der Waals surface area contributed by atoms with Crippen molar-refractivity contribution < 1.29 is 9.90 Å². The Kier molecular flexibility index (Phi) is 4.52. The molecule has 1 aromatic heterocycles. The van der Waals surface area contributed by atoms with Crippen molar-refractivity contribution in [2.75, 3.05) is 19.6 Å². The van der Waals surface area contributed by atoms with E-state index in [-0.39, 0.29) is 17.9 Å². The summed E-state index contributed by atoms with van der Waals surface area (Å²) in [4.78, 5) is 16.5. The van der Waals surface area contributed by atoms with E-state index in [9.17, 15) is 9.90 Å². The molecule has 1 amide bonds. The average Bonchev–Trinajstić information content (AvgIpc) is 3.15. The van der Waals surface area contributed by atoms with Crippen LogP contribution in [-0.4, -0.2) is 41.7 Å². The summed E-state index contributed by atoms with van der Waals surface area (Å²) in [6, 6.07) is 8.09. The predicted molar refractivity (Wildman–Crippen MR) is 87.0 cm³/mol. The van der Waals surface area contributed by atoms with Crippen molar-refractivity contribution in [3.63, 3.8) is 0 Å². The Morgan fingerprint density at radius 3 is 2.86 bits per heavy atom. The summed E-state index contributed by atoms with van der Waals surface area (Å²) in [7, 11) is 0. The van der Waals surface area contributed by atoms with Gasteiger partial charge in [0.25, 0.3) is 5.91 Å². The lowest BCUT2D eigenvalue weighted by Gasteiger charge is -2.13. The standard InChI is InChI=1S/C16H19N3O2S/c1-10-2-4-11(5-3-10)16-19-13(9-22-16)15(21)18-7-12-6-17-8-14(12)20/h2-5,9,12,14,17,20H,6-8H2,1H3,(H,18,21). The fourth-order valence-electron chi connectivity index (χ4n) is 2.45. The van der Waals surface area contributed by atoms with Crippen molar-refractivity contribution in [3.05, 3.63) is 40.9 Å². The van der Waals surface area contributed by atoms with E-state index in [4.69, 9.17) is 0 Å². The number of aliphatic hydroxyl groups excluding tert-OH is 1. The molecule has 5 nitrogen and oxygen atoms in total. The maximum absolute atomic E-state index is 12.1. The molecule has 2 aromatic rings. The van der Waals surface area contributed by atoms with E-state index < -0.39 is 0 Å². The monoisotopic (exact) mass is 317 g/mol. The molecule has 3 rings (SSSR count). The Hall–Kier alpha value is -1.76.